The molecule has 0 amide bonds. The van der Waals surface area contributed by atoms with E-state index in [9.17, 15) is 14.4 Å². The fourth-order valence-electron chi connectivity index (χ4n) is 1.90. The molecule has 0 aromatic carbocycles. The Labute approximate surface area is 116 Å². The Morgan fingerprint density at radius 2 is 1.60 bits per heavy atom. The average molecular weight is 289 g/mol. The second-order valence-corrected chi connectivity index (χ2v) is 4.49. The first-order valence-electron chi connectivity index (χ1n) is 6.16. The summed E-state index contributed by atoms with van der Waals surface area (Å²) in [5, 5.41) is 0. The third-order valence-corrected chi connectivity index (χ3v) is 2.67. The summed E-state index contributed by atoms with van der Waals surface area (Å²) in [6, 6.07) is -0.628. The van der Waals surface area contributed by atoms with Crippen LogP contribution in [0.1, 0.15) is 20.8 Å². The van der Waals surface area contributed by atoms with Crippen molar-refractivity contribution in [1.29, 1.82) is 0 Å². The van der Waals surface area contributed by atoms with E-state index >= 15 is 0 Å². The van der Waals surface area contributed by atoms with E-state index in [0.29, 0.717) is 0 Å². The minimum absolute atomic E-state index is 0.0989. The lowest BCUT2D eigenvalue weighted by molar-refractivity contribution is -0.204. The molecule has 1 aliphatic rings. The van der Waals surface area contributed by atoms with Crippen LogP contribution in [0.5, 0.6) is 0 Å². The summed E-state index contributed by atoms with van der Waals surface area (Å²) in [6.45, 7) is 3.68. The summed E-state index contributed by atoms with van der Waals surface area (Å²) in [5.41, 5.74) is 5.81. The molecule has 0 saturated carbocycles. The molecule has 1 rings (SSSR count). The van der Waals surface area contributed by atoms with Crippen LogP contribution in [0.4, 0.5) is 0 Å². The van der Waals surface area contributed by atoms with Crippen molar-refractivity contribution in [1.82, 2.24) is 0 Å². The van der Waals surface area contributed by atoms with Crippen LogP contribution in [0.25, 0.3) is 0 Å². The van der Waals surface area contributed by atoms with Crippen molar-refractivity contribution >= 4 is 17.9 Å². The number of rotatable bonds is 4. The zero-order valence-electron chi connectivity index (χ0n) is 11.7. The smallest absolute Gasteiger partial charge is 0.303 e. The maximum absolute atomic E-state index is 11.2. The molecular formula is C12H19NO7. The van der Waals surface area contributed by atoms with Gasteiger partial charge in [0.1, 0.15) is 12.7 Å². The summed E-state index contributed by atoms with van der Waals surface area (Å²) in [6.07, 6.45) is -2.49. The van der Waals surface area contributed by atoms with Crippen molar-refractivity contribution in [2.75, 3.05) is 13.2 Å². The van der Waals surface area contributed by atoms with Gasteiger partial charge in [-0.3, -0.25) is 14.4 Å². The lowest BCUT2D eigenvalue weighted by Gasteiger charge is -2.39. The molecule has 1 heterocycles. The molecule has 1 aliphatic heterocycles. The Bertz CT molecular complexity index is 384. The van der Waals surface area contributed by atoms with Gasteiger partial charge in [0, 0.05) is 20.8 Å². The van der Waals surface area contributed by atoms with Crippen LogP contribution >= 0.6 is 0 Å². The molecular weight excluding hydrogens is 270 g/mol. The van der Waals surface area contributed by atoms with Crippen molar-refractivity contribution in [3.8, 4) is 0 Å². The fourth-order valence-corrected chi connectivity index (χ4v) is 1.90. The highest BCUT2D eigenvalue weighted by Crippen LogP contribution is 2.21. The molecule has 8 heteroatoms. The van der Waals surface area contributed by atoms with Gasteiger partial charge in [0.05, 0.1) is 12.6 Å². The first kappa shape index (κ1) is 16.4. The van der Waals surface area contributed by atoms with Gasteiger partial charge in [0.25, 0.3) is 0 Å². The normalized spacial score (nSPS) is 29.4. The molecule has 4 atom stereocenters. The van der Waals surface area contributed by atoms with E-state index in [4.69, 9.17) is 24.7 Å². The van der Waals surface area contributed by atoms with E-state index in [0.717, 1.165) is 0 Å². The number of nitrogens with two attached hydrogens (primary N) is 1. The lowest BCUT2D eigenvalue weighted by Crippen LogP contribution is -2.60. The Morgan fingerprint density at radius 3 is 2.10 bits per heavy atom. The van der Waals surface area contributed by atoms with Gasteiger partial charge >= 0.3 is 17.9 Å². The van der Waals surface area contributed by atoms with Gasteiger partial charge in [-0.2, -0.15) is 0 Å². The summed E-state index contributed by atoms with van der Waals surface area (Å²) in [4.78, 5) is 33.1. The highest BCUT2D eigenvalue weighted by molar-refractivity contribution is 5.67. The topological polar surface area (TPSA) is 114 Å². The fraction of sp³-hybridized carbons (Fsp3) is 0.750. The molecule has 1 fully saturated rings. The standard InChI is InChI=1S/C12H19NO7/c1-6(14)17-5-10-12(20-8(3)16)11(19-7(2)15)9(13)4-18-10/h9-12H,4-5,13H2,1-3H3/t9-,10?,11?,12?/m1/s1. The molecule has 0 aromatic heterocycles. The highest BCUT2D eigenvalue weighted by Gasteiger charge is 2.44. The molecule has 20 heavy (non-hydrogen) atoms. The van der Waals surface area contributed by atoms with Crippen molar-refractivity contribution in [3.05, 3.63) is 0 Å². The highest BCUT2D eigenvalue weighted by atomic mass is 16.6. The predicted octanol–water partition coefficient (Wildman–Crippen LogP) is -0.861. The van der Waals surface area contributed by atoms with Gasteiger partial charge in [-0.1, -0.05) is 0 Å². The molecule has 1 saturated heterocycles. The van der Waals surface area contributed by atoms with E-state index in [1.54, 1.807) is 0 Å². The van der Waals surface area contributed by atoms with Crippen molar-refractivity contribution < 1.29 is 33.3 Å². The molecule has 3 unspecified atom stereocenters. The van der Waals surface area contributed by atoms with Crippen LogP contribution in [0.3, 0.4) is 0 Å². The van der Waals surface area contributed by atoms with Gasteiger partial charge < -0.3 is 24.7 Å². The van der Waals surface area contributed by atoms with Crippen LogP contribution < -0.4 is 5.73 Å². The molecule has 0 radical (unpaired) electrons. The van der Waals surface area contributed by atoms with E-state index in [1.165, 1.54) is 20.8 Å². The number of hydrogen-bond donors (Lipinski definition) is 1. The second kappa shape index (κ2) is 7.20. The maximum Gasteiger partial charge on any atom is 0.303 e. The van der Waals surface area contributed by atoms with Gasteiger partial charge in [-0.25, -0.2) is 0 Å². The minimum Gasteiger partial charge on any atom is -0.463 e. The largest absolute Gasteiger partial charge is 0.463 e. The molecule has 0 aromatic rings. The SMILES string of the molecule is CC(=O)OCC1OC[C@@H](N)C(OC(C)=O)C1OC(C)=O. The molecule has 2 N–H and O–H groups in total. The first-order valence-corrected chi connectivity index (χ1v) is 6.16. The van der Waals surface area contributed by atoms with E-state index in [-0.39, 0.29) is 13.2 Å². The maximum atomic E-state index is 11.2. The van der Waals surface area contributed by atoms with Crippen LogP contribution in [-0.2, 0) is 33.3 Å². The van der Waals surface area contributed by atoms with Gasteiger partial charge in [-0.05, 0) is 0 Å². The monoisotopic (exact) mass is 289 g/mol. The Hall–Kier alpha value is -1.67. The number of carbonyl (C=O) groups excluding carboxylic acids is 3. The molecule has 0 aliphatic carbocycles. The summed E-state index contributed by atoms with van der Waals surface area (Å²) >= 11 is 0. The summed E-state index contributed by atoms with van der Waals surface area (Å²) in [5.74, 6) is -1.61. The van der Waals surface area contributed by atoms with E-state index < -0.39 is 42.3 Å². The zero-order chi connectivity index (χ0) is 15.3. The number of ether oxygens (including phenoxy) is 4. The van der Waals surface area contributed by atoms with Crippen LogP contribution in [0.15, 0.2) is 0 Å². The van der Waals surface area contributed by atoms with Gasteiger partial charge in [-0.15, -0.1) is 0 Å². The second-order valence-electron chi connectivity index (χ2n) is 4.49. The van der Waals surface area contributed by atoms with Crippen molar-refractivity contribution in [3.63, 3.8) is 0 Å². The lowest BCUT2D eigenvalue weighted by atomic mass is 9.98. The van der Waals surface area contributed by atoms with Crippen LogP contribution in [0.2, 0.25) is 0 Å². The predicted molar refractivity (Wildman–Crippen MR) is 65.5 cm³/mol. The molecule has 0 spiro atoms. The molecule has 8 nitrogen and oxygen atoms in total. The number of esters is 3. The van der Waals surface area contributed by atoms with Gasteiger partial charge in [0.15, 0.2) is 12.2 Å². The average Bonchev–Trinajstić information content (AvgIpc) is 2.31. The van der Waals surface area contributed by atoms with Crippen LogP contribution in [0, 0.1) is 0 Å². The minimum atomic E-state index is -0.917. The Kier molecular flexibility index (Phi) is 5.90. The molecule has 0 bridgehead atoms. The zero-order valence-corrected chi connectivity index (χ0v) is 11.7. The first-order chi connectivity index (χ1) is 9.31. The quantitative estimate of drug-likeness (QED) is 0.525. The summed E-state index contributed by atoms with van der Waals surface area (Å²) < 4.78 is 20.4. The molecule has 114 valence electrons. The third-order valence-electron chi connectivity index (χ3n) is 2.67. The summed E-state index contributed by atoms with van der Waals surface area (Å²) in [7, 11) is 0. The third kappa shape index (κ3) is 4.78. The van der Waals surface area contributed by atoms with E-state index in [1.807, 2.05) is 0 Å². The van der Waals surface area contributed by atoms with Crippen molar-refractivity contribution in [2.45, 2.75) is 45.1 Å². The number of carbonyl (C=O) groups is 3. The van der Waals surface area contributed by atoms with E-state index in [2.05, 4.69) is 0 Å². The van der Waals surface area contributed by atoms with Gasteiger partial charge in [0.2, 0.25) is 0 Å². The number of hydrogen-bond acceptors (Lipinski definition) is 8. The Balaban J connectivity index is 2.83. The Morgan fingerprint density at radius 1 is 1.05 bits per heavy atom. The van der Waals surface area contributed by atoms with Crippen molar-refractivity contribution in [2.24, 2.45) is 5.73 Å². The van der Waals surface area contributed by atoms with Crippen LogP contribution in [-0.4, -0.2) is 55.5 Å².